The van der Waals surface area contributed by atoms with Crippen LogP contribution in [0.4, 0.5) is 5.00 Å². The van der Waals surface area contributed by atoms with E-state index < -0.39 is 0 Å². The van der Waals surface area contributed by atoms with Crippen LogP contribution in [0, 0.1) is 11.3 Å². The fourth-order valence-corrected chi connectivity index (χ4v) is 5.20. The molecule has 0 saturated carbocycles. The maximum absolute atomic E-state index is 12.7. The van der Waals surface area contributed by atoms with E-state index in [-0.39, 0.29) is 5.91 Å². The van der Waals surface area contributed by atoms with Crippen molar-refractivity contribution in [3.8, 4) is 6.07 Å². The van der Waals surface area contributed by atoms with Gasteiger partial charge in [0.15, 0.2) is 0 Å². The van der Waals surface area contributed by atoms with E-state index in [4.69, 9.17) is 0 Å². The van der Waals surface area contributed by atoms with Crippen LogP contribution < -0.4 is 5.32 Å². The van der Waals surface area contributed by atoms with E-state index in [1.54, 1.807) is 11.8 Å². The summed E-state index contributed by atoms with van der Waals surface area (Å²) >= 11 is 3.17. The van der Waals surface area contributed by atoms with Gasteiger partial charge >= 0.3 is 0 Å². The molecule has 6 heteroatoms. The molecule has 0 unspecified atom stereocenters. The maximum atomic E-state index is 12.7. The van der Waals surface area contributed by atoms with Crippen molar-refractivity contribution >= 4 is 34.0 Å². The van der Waals surface area contributed by atoms with Crippen molar-refractivity contribution in [2.24, 2.45) is 0 Å². The van der Waals surface area contributed by atoms with Crippen LogP contribution in [0.25, 0.3) is 0 Å². The van der Waals surface area contributed by atoms with Crippen LogP contribution in [0.2, 0.25) is 0 Å². The maximum Gasteiger partial charge on any atom is 0.256 e. The van der Waals surface area contributed by atoms with E-state index in [1.165, 1.54) is 21.8 Å². The number of nitrogens with one attached hydrogen (secondary N) is 1. The lowest BCUT2D eigenvalue weighted by Crippen LogP contribution is -2.29. The molecule has 1 aromatic heterocycles. The Morgan fingerprint density at radius 1 is 1.21 bits per heavy atom. The highest BCUT2D eigenvalue weighted by atomic mass is 32.2. The monoisotopic (exact) mass is 419 g/mol. The van der Waals surface area contributed by atoms with Gasteiger partial charge in [0, 0.05) is 35.0 Å². The quantitative estimate of drug-likeness (QED) is 0.581. The normalized spacial score (nSPS) is 13.5. The molecule has 1 amide bonds. The van der Waals surface area contributed by atoms with Gasteiger partial charge in [-0.1, -0.05) is 30.3 Å². The Kier molecular flexibility index (Phi) is 6.00. The van der Waals surface area contributed by atoms with Gasteiger partial charge in [-0.2, -0.15) is 5.26 Å². The fourth-order valence-electron chi connectivity index (χ4n) is 3.56. The predicted molar refractivity (Wildman–Crippen MR) is 119 cm³/mol. The Bertz CT molecular complexity index is 1050. The Balaban J connectivity index is 1.51. The van der Waals surface area contributed by atoms with E-state index in [1.807, 2.05) is 36.6 Å². The van der Waals surface area contributed by atoms with Gasteiger partial charge < -0.3 is 5.32 Å². The molecule has 146 valence electrons. The summed E-state index contributed by atoms with van der Waals surface area (Å²) in [6.45, 7) is 2.61. The second-order valence-electron chi connectivity index (χ2n) is 6.95. The molecule has 29 heavy (non-hydrogen) atoms. The first-order chi connectivity index (χ1) is 14.2. The fraction of sp³-hybridized carbons (Fsp3) is 0.217. The van der Waals surface area contributed by atoms with Crippen molar-refractivity contribution < 1.29 is 4.79 Å². The van der Waals surface area contributed by atoms with E-state index in [2.05, 4.69) is 40.6 Å². The number of thiophene rings is 1. The van der Waals surface area contributed by atoms with Crippen molar-refractivity contribution in [2.45, 2.75) is 24.4 Å². The molecule has 1 N–H and O–H groups in total. The van der Waals surface area contributed by atoms with Crippen molar-refractivity contribution in [3.05, 3.63) is 81.7 Å². The van der Waals surface area contributed by atoms with Gasteiger partial charge in [-0.05, 0) is 48.1 Å². The number of nitriles is 1. The topological polar surface area (TPSA) is 56.1 Å². The third-order valence-electron chi connectivity index (χ3n) is 5.08. The summed E-state index contributed by atoms with van der Waals surface area (Å²) in [7, 11) is 0. The third kappa shape index (κ3) is 4.38. The number of carbonyl (C=O) groups excluding carboxylic acids is 1. The lowest BCUT2D eigenvalue weighted by molar-refractivity contribution is 0.102. The molecule has 2 heterocycles. The van der Waals surface area contributed by atoms with Gasteiger partial charge in [0.05, 0.1) is 5.56 Å². The molecular weight excluding hydrogens is 398 g/mol. The molecule has 4 rings (SSSR count). The van der Waals surface area contributed by atoms with Gasteiger partial charge in [-0.25, -0.2) is 0 Å². The Morgan fingerprint density at radius 2 is 1.97 bits per heavy atom. The van der Waals surface area contributed by atoms with Gasteiger partial charge in [0.25, 0.3) is 5.91 Å². The summed E-state index contributed by atoms with van der Waals surface area (Å²) < 4.78 is 0. The molecule has 3 aromatic rings. The zero-order valence-corrected chi connectivity index (χ0v) is 17.8. The number of nitrogens with zero attached hydrogens (tertiary/aromatic N) is 2. The molecule has 1 aliphatic rings. The van der Waals surface area contributed by atoms with Gasteiger partial charge in [0.2, 0.25) is 0 Å². The number of hydrogen-bond donors (Lipinski definition) is 1. The summed E-state index contributed by atoms with van der Waals surface area (Å²) in [6.07, 6.45) is 2.84. The summed E-state index contributed by atoms with van der Waals surface area (Å²) in [6, 6.07) is 20.3. The molecular formula is C23H21N3OS2. The number of anilines is 1. The second kappa shape index (κ2) is 8.83. The first-order valence-electron chi connectivity index (χ1n) is 9.44. The highest BCUT2D eigenvalue weighted by Gasteiger charge is 2.25. The summed E-state index contributed by atoms with van der Waals surface area (Å²) in [5.41, 5.74) is 3.60. The third-order valence-corrected chi connectivity index (χ3v) is 6.95. The number of benzene rings is 2. The highest BCUT2D eigenvalue weighted by molar-refractivity contribution is 7.98. The average molecular weight is 420 g/mol. The van der Waals surface area contributed by atoms with Crippen molar-refractivity contribution in [2.75, 3.05) is 18.1 Å². The summed E-state index contributed by atoms with van der Waals surface area (Å²) in [5, 5.41) is 13.3. The van der Waals surface area contributed by atoms with Crippen LogP contribution in [0.5, 0.6) is 0 Å². The number of carbonyl (C=O) groups is 1. The Hall–Kier alpha value is -2.59. The predicted octanol–water partition coefficient (Wildman–Crippen LogP) is 5.15. The molecule has 0 spiro atoms. The Labute approximate surface area is 179 Å². The van der Waals surface area contributed by atoms with E-state index in [0.717, 1.165) is 36.5 Å². The minimum atomic E-state index is -0.172. The first-order valence-corrected chi connectivity index (χ1v) is 11.5. The number of fused-ring (bicyclic) bond motifs is 1. The summed E-state index contributed by atoms with van der Waals surface area (Å²) in [4.78, 5) is 17.4. The van der Waals surface area contributed by atoms with Crippen LogP contribution in [0.15, 0.2) is 59.5 Å². The standard InChI is InChI=1S/C23H21N3OS2/c1-28-18-9-7-17(8-10-18)22(27)25-23-20(13-24)19-11-12-26(15-21(19)29-23)14-16-5-3-2-4-6-16/h2-10H,11-12,14-15H2,1H3,(H,25,27). The largest absolute Gasteiger partial charge is 0.312 e. The minimum Gasteiger partial charge on any atom is -0.312 e. The van der Waals surface area contributed by atoms with E-state index in [9.17, 15) is 10.1 Å². The molecule has 2 aromatic carbocycles. The number of amides is 1. The highest BCUT2D eigenvalue weighted by Crippen LogP contribution is 2.37. The molecule has 0 aliphatic carbocycles. The van der Waals surface area contributed by atoms with Crippen molar-refractivity contribution in [1.82, 2.24) is 4.90 Å². The van der Waals surface area contributed by atoms with Crippen molar-refractivity contribution in [1.29, 1.82) is 5.26 Å². The molecule has 4 nitrogen and oxygen atoms in total. The van der Waals surface area contributed by atoms with E-state index >= 15 is 0 Å². The lowest BCUT2D eigenvalue weighted by Gasteiger charge is -2.26. The molecule has 0 bridgehead atoms. The number of hydrogen-bond acceptors (Lipinski definition) is 5. The van der Waals surface area contributed by atoms with Crippen molar-refractivity contribution in [3.63, 3.8) is 0 Å². The second-order valence-corrected chi connectivity index (χ2v) is 8.93. The van der Waals surface area contributed by atoms with E-state index in [0.29, 0.717) is 16.1 Å². The van der Waals surface area contributed by atoms with Gasteiger partial charge in [-0.15, -0.1) is 23.1 Å². The molecule has 1 aliphatic heterocycles. The zero-order chi connectivity index (χ0) is 20.2. The SMILES string of the molecule is CSc1ccc(C(=O)Nc2sc3c(c2C#N)CCN(Cc2ccccc2)C3)cc1. The molecule has 0 fully saturated rings. The number of rotatable bonds is 5. The van der Waals surface area contributed by atoms with Crippen LogP contribution in [-0.4, -0.2) is 23.6 Å². The van der Waals surface area contributed by atoms with Crippen LogP contribution in [0.1, 0.15) is 31.9 Å². The smallest absolute Gasteiger partial charge is 0.256 e. The van der Waals surface area contributed by atoms with Gasteiger partial charge in [0.1, 0.15) is 11.1 Å². The first kappa shape index (κ1) is 19.7. The number of thioether (sulfide) groups is 1. The lowest BCUT2D eigenvalue weighted by atomic mass is 10.0. The molecule has 0 saturated heterocycles. The van der Waals surface area contributed by atoms with Crippen LogP contribution in [0.3, 0.4) is 0 Å². The minimum absolute atomic E-state index is 0.172. The van der Waals surface area contributed by atoms with Crippen LogP contribution >= 0.6 is 23.1 Å². The average Bonchev–Trinajstić information content (AvgIpc) is 3.10. The molecule has 0 radical (unpaired) electrons. The molecule has 0 atom stereocenters. The van der Waals surface area contributed by atoms with Crippen LogP contribution in [-0.2, 0) is 19.5 Å². The van der Waals surface area contributed by atoms with Gasteiger partial charge in [-0.3, -0.25) is 9.69 Å². The zero-order valence-electron chi connectivity index (χ0n) is 16.1. The summed E-state index contributed by atoms with van der Waals surface area (Å²) in [5.74, 6) is -0.172. The Morgan fingerprint density at radius 3 is 2.66 bits per heavy atom.